The fourth-order valence-electron chi connectivity index (χ4n) is 3.87. The molecule has 38 heavy (non-hydrogen) atoms. The van der Waals surface area contributed by atoms with Crippen LogP contribution in [0.15, 0.2) is 41.4 Å². The highest BCUT2D eigenvalue weighted by Gasteiger charge is 2.35. The van der Waals surface area contributed by atoms with Gasteiger partial charge in [0, 0.05) is 35.7 Å². The maximum absolute atomic E-state index is 13.9. The van der Waals surface area contributed by atoms with Gasteiger partial charge in [0.2, 0.25) is 0 Å². The topological polar surface area (TPSA) is 111 Å². The molecule has 0 aliphatic rings. The zero-order chi connectivity index (χ0) is 28.6. The molecule has 0 unspecified atom stereocenters. The van der Waals surface area contributed by atoms with Gasteiger partial charge < -0.3 is 9.88 Å². The molecule has 0 saturated heterocycles. The second-order valence-corrected chi connectivity index (χ2v) is 12.1. The average Bonchev–Trinajstić information content (AvgIpc) is 3.13. The standard InChI is InChI=1S/C26H29F3N4O4S/c1-15-22(23(35)31-12-19-9-10-20(13-30-19)38(6,36)37)32-24(25(3,4)5)33(15)14-18-8-7-17(16(2)34)11-21(18)26(27,28)29/h7-11,13H,12,14H2,1-6H3,(H,31,35). The van der Waals surface area contributed by atoms with E-state index in [1.54, 1.807) is 11.5 Å². The Morgan fingerprint density at radius 1 is 1.08 bits per heavy atom. The molecular weight excluding hydrogens is 521 g/mol. The number of imidazole rings is 1. The van der Waals surface area contributed by atoms with Gasteiger partial charge in [0.1, 0.15) is 11.5 Å². The number of Topliss-reactive ketones (excluding diaryl/α,β-unsaturated/α-hetero) is 1. The third-order valence-electron chi connectivity index (χ3n) is 5.91. The molecule has 1 N–H and O–H groups in total. The van der Waals surface area contributed by atoms with Crippen molar-refractivity contribution in [3.63, 3.8) is 0 Å². The van der Waals surface area contributed by atoms with E-state index in [2.05, 4.69) is 15.3 Å². The largest absolute Gasteiger partial charge is 0.416 e. The van der Waals surface area contributed by atoms with E-state index in [9.17, 15) is 31.2 Å². The summed E-state index contributed by atoms with van der Waals surface area (Å²) < 4.78 is 66.4. The Kier molecular flexibility index (Phi) is 7.88. The summed E-state index contributed by atoms with van der Waals surface area (Å²) in [5.41, 5.74) is -0.794. The van der Waals surface area contributed by atoms with Gasteiger partial charge in [-0.1, -0.05) is 32.9 Å². The fourth-order valence-corrected chi connectivity index (χ4v) is 4.43. The normalized spacial score (nSPS) is 12.4. The second-order valence-electron chi connectivity index (χ2n) is 10.1. The molecule has 12 heteroatoms. The SMILES string of the molecule is CC(=O)c1ccc(Cn2c(C(C)(C)C)nc(C(=O)NCc3ccc(S(C)(=O)=O)cn3)c2C)c(C(F)(F)F)c1. The van der Waals surface area contributed by atoms with Crippen molar-refractivity contribution in [3.05, 3.63) is 76.1 Å². The van der Waals surface area contributed by atoms with Gasteiger partial charge in [-0.2, -0.15) is 13.2 Å². The number of carbonyl (C=O) groups excluding carboxylic acids is 2. The van der Waals surface area contributed by atoms with Gasteiger partial charge in [-0.15, -0.1) is 0 Å². The van der Waals surface area contributed by atoms with Crippen LogP contribution in [0.4, 0.5) is 13.2 Å². The van der Waals surface area contributed by atoms with E-state index in [0.29, 0.717) is 17.2 Å². The number of alkyl halides is 3. The Labute approximate surface area is 219 Å². The highest BCUT2D eigenvalue weighted by atomic mass is 32.2. The first-order chi connectivity index (χ1) is 17.4. The number of nitrogens with zero attached hydrogens (tertiary/aromatic N) is 3. The quantitative estimate of drug-likeness (QED) is 0.434. The second kappa shape index (κ2) is 10.3. The minimum Gasteiger partial charge on any atom is -0.345 e. The highest BCUT2D eigenvalue weighted by molar-refractivity contribution is 7.90. The van der Waals surface area contributed by atoms with Crippen molar-refractivity contribution in [1.29, 1.82) is 0 Å². The van der Waals surface area contributed by atoms with Crippen molar-refractivity contribution < 1.29 is 31.2 Å². The fraction of sp³-hybridized carbons (Fsp3) is 0.385. The number of ketones is 1. The Hall–Kier alpha value is -3.54. The molecule has 0 aliphatic carbocycles. The van der Waals surface area contributed by atoms with Crippen molar-refractivity contribution in [3.8, 4) is 0 Å². The summed E-state index contributed by atoms with van der Waals surface area (Å²) in [6, 6.07) is 6.34. The van der Waals surface area contributed by atoms with Gasteiger partial charge in [0.15, 0.2) is 15.6 Å². The van der Waals surface area contributed by atoms with Crippen LogP contribution < -0.4 is 5.32 Å². The van der Waals surface area contributed by atoms with Crippen LogP contribution in [0.5, 0.6) is 0 Å². The van der Waals surface area contributed by atoms with E-state index >= 15 is 0 Å². The molecule has 3 rings (SSSR count). The Balaban J connectivity index is 1.95. The van der Waals surface area contributed by atoms with E-state index < -0.39 is 38.7 Å². The number of amides is 1. The van der Waals surface area contributed by atoms with Gasteiger partial charge in [-0.05, 0) is 37.6 Å². The number of aromatic nitrogens is 3. The van der Waals surface area contributed by atoms with Crippen LogP contribution in [-0.2, 0) is 34.5 Å². The Morgan fingerprint density at radius 3 is 2.24 bits per heavy atom. The zero-order valence-corrected chi connectivity index (χ0v) is 22.7. The number of halogens is 3. The van der Waals surface area contributed by atoms with Crippen LogP contribution in [0.3, 0.4) is 0 Å². The van der Waals surface area contributed by atoms with Gasteiger partial charge >= 0.3 is 6.18 Å². The monoisotopic (exact) mass is 550 g/mol. The number of sulfone groups is 1. The molecule has 1 aromatic carbocycles. The lowest BCUT2D eigenvalue weighted by Crippen LogP contribution is -2.24. The maximum Gasteiger partial charge on any atom is 0.416 e. The molecule has 3 aromatic rings. The first-order valence-corrected chi connectivity index (χ1v) is 13.5. The van der Waals surface area contributed by atoms with Crippen LogP contribution >= 0.6 is 0 Å². The summed E-state index contributed by atoms with van der Waals surface area (Å²) in [4.78, 5) is 33.3. The Morgan fingerprint density at radius 2 is 1.74 bits per heavy atom. The van der Waals surface area contributed by atoms with Crippen molar-refractivity contribution in [2.75, 3.05) is 6.26 Å². The van der Waals surface area contributed by atoms with E-state index in [4.69, 9.17) is 0 Å². The molecule has 0 bridgehead atoms. The predicted octanol–water partition coefficient (Wildman–Crippen LogP) is 4.49. The molecule has 0 aliphatic heterocycles. The predicted molar refractivity (Wildman–Crippen MR) is 135 cm³/mol. The third-order valence-corrected chi connectivity index (χ3v) is 7.01. The van der Waals surface area contributed by atoms with Crippen LogP contribution in [0, 0.1) is 6.92 Å². The maximum atomic E-state index is 13.9. The molecule has 0 saturated carbocycles. The number of hydrogen-bond acceptors (Lipinski definition) is 6. The molecule has 2 aromatic heterocycles. The number of hydrogen-bond donors (Lipinski definition) is 1. The molecule has 0 atom stereocenters. The molecule has 8 nitrogen and oxygen atoms in total. The molecule has 1 amide bonds. The minimum atomic E-state index is -4.68. The molecule has 0 radical (unpaired) electrons. The Bertz CT molecular complexity index is 1490. The first kappa shape index (κ1) is 29.0. The van der Waals surface area contributed by atoms with E-state index in [0.717, 1.165) is 12.3 Å². The van der Waals surface area contributed by atoms with Gasteiger partial charge in [0.25, 0.3) is 5.91 Å². The summed E-state index contributed by atoms with van der Waals surface area (Å²) in [6.07, 6.45) is -2.42. The van der Waals surface area contributed by atoms with Crippen LogP contribution in [0.25, 0.3) is 0 Å². The zero-order valence-electron chi connectivity index (χ0n) is 21.9. The van der Waals surface area contributed by atoms with E-state index in [1.807, 2.05) is 20.8 Å². The van der Waals surface area contributed by atoms with Crippen LogP contribution in [0.2, 0.25) is 0 Å². The van der Waals surface area contributed by atoms with Crippen molar-refractivity contribution in [2.45, 2.75) is 64.2 Å². The lowest BCUT2D eigenvalue weighted by Gasteiger charge is -2.22. The number of pyridine rings is 1. The molecule has 0 spiro atoms. The summed E-state index contributed by atoms with van der Waals surface area (Å²) in [6.45, 7) is 8.10. The molecule has 2 heterocycles. The van der Waals surface area contributed by atoms with Crippen LogP contribution in [0.1, 0.15) is 76.9 Å². The van der Waals surface area contributed by atoms with Crippen molar-refractivity contribution >= 4 is 21.5 Å². The smallest absolute Gasteiger partial charge is 0.345 e. The van der Waals surface area contributed by atoms with Crippen LogP contribution in [-0.4, -0.2) is 40.9 Å². The minimum absolute atomic E-state index is 0.00917. The van der Waals surface area contributed by atoms with Gasteiger partial charge in [-0.25, -0.2) is 13.4 Å². The summed E-state index contributed by atoms with van der Waals surface area (Å²) in [5.74, 6) is -0.612. The molecule has 0 fully saturated rings. The van der Waals surface area contributed by atoms with E-state index in [1.165, 1.54) is 37.4 Å². The average molecular weight is 551 g/mol. The van der Waals surface area contributed by atoms with Crippen molar-refractivity contribution in [2.24, 2.45) is 0 Å². The number of nitrogens with one attached hydrogen (secondary N) is 1. The highest BCUT2D eigenvalue weighted by Crippen LogP contribution is 2.34. The third kappa shape index (κ3) is 6.47. The van der Waals surface area contributed by atoms with E-state index in [-0.39, 0.29) is 34.8 Å². The summed E-state index contributed by atoms with van der Waals surface area (Å²) in [5, 5.41) is 2.68. The summed E-state index contributed by atoms with van der Waals surface area (Å²) >= 11 is 0. The number of carbonyl (C=O) groups is 2. The lowest BCUT2D eigenvalue weighted by molar-refractivity contribution is -0.138. The first-order valence-electron chi connectivity index (χ1n) is 11.6. The molecule has 204 valence electrons. The number of rotatable bonds is 7. The number of benzene rings is 1. The lowest BCUT2D eigenvalue weighted by atomic mass is 9.95. The van der Waals surface area contributed by atoms with Crippen molar-refractivity contribution in [1.82, 2.24) is 19.9 Å². The van der Waals surface area contributed by atoms with Gasteiger partial charge in [0.05, 0.1) is 22.7 Å². The van der Waals surface area contributed by atoms with Gasteiger partial charge in [-0.3, -0.25) is 14.6 Å². The molecular formula is C26H29F3N4O4S. The summed E-state index contributed by atoms with van der Waals surface area (Å²) in [7, 11) is -3.41.